The quantitative estimate of drug-likeness (QED) is 0.572. The van der Waals surface area contributed by atoms with Gasteiger partial charge in [-0.3, -0.25) is 9.59 Å². The average Bonchev–Trinajstić information content (AvgIpc) is 3.40. The van der Waals surface area contributed by atoms with Crippen molar-refractivity contribution < 1.29 is 9.59 Å². The van der Waals surface area contributed by atoms with Crippen LogP contribution in [0.5, 0.6) is 0 Å². The minimum Gasteiger partial charge on any atom is -0.328 e. The zero-order chi connectivity index (χ0) is 22.7. The molecule has 0 spiro atoms. The normalized spacial score (nSPS) is 15.7. The van der Waals surface area contributed by atoms with Crippen LogP contribution in [0, 0.1) is 13.8 Å². The molecule has 2 aromatic carbocycles. The van der Waals surface area contributed by atoms with Gasteiger partial charge in [-0.15, -0.1) is 10.2 Å². The molecule has 1 fully saturated rings. The highest BCUT2D eigenvalue weighted by molar-refractivity contribution is 7.99. The molecule has 3 aromatic rings. The number of aryl methyl sites for hydroxylation is 2. The maximum atomic E-state index is 13.2. The molecule has 32 heavy (non-hydrogen) atoms. The van der Waals surface area contributed by atoms with Crippen LogP contribution < -0.4 is 5.32 Å². The lowest BCUT2D eigenvalue weighted by molar-refractivity contribution is -0.113. The summed E-state index contributed by atoms with van der Waals surface area (Å²) in [6.07, 6.45) is 1.78. The minimum absolute atomic E-state index is 0.0282. The summed E-state index contributed by atoms with van der Waals surface area (Å²) in [6.45, 7) is 4.62. The first-order valence-corrected chi connectivity index (χ1v) is 11.7. The molecule has 1 N–H and O–H groups in total. The van der Waals surface area contributed by atoms with Crippen molar-refractivity contribution in [1.82, 2.24) is 19.7 Å². The monoisotopic (exact) mass is 449 g/mol. The predicted octanol–water partition coefficient (Wildman–Crippen LogP) is 4.14. The molecule has 7 nitrogen and oxygen atoms in total. The number of anilines is 1. The van der Waals surface area contributed by atoms with E-state index < -0.39 is 0 Å². The van der Waals surface area contributed by atoms with Gasteiger partial charge in [-0.25, -0.2) is 0 Å². The number of hydrogen-bond acceptors (Lipinski definition) is 5. The molecule has 1 aliphatic rings. The second-order valence-corrected chi connectivity index (χ2v) is 8.97. The lowest BCUT2D eigenvalue weighted by Crippen LogP contribution is -2.32. The van der Waals surface area contributed by atoms with Gasteiger partial charge in [0.2, 0.25) is 5.91 Å². The molecule has 166 valence electrons. The van der Waals surface area contributed by atoms with E-state index in [2.05, 4.69) is 15.5 Å². The Kier molecular flexibility index (Phi) is 6.60. The van der Waals surface area contributed by atoms with Crippen LogP contribution in [0.3, 0.4) is 0 Å². The van der Waals surface area contributed by atoms with Crippen molar-refractivity contribution in [3.05, 3.63) is 71.0 Å². The Labute approximate surface area is 192 Å². The number of amides is 2. The number of thioether (sulfide) groups is 1. The van der Waals surface area contributed by atoms with E-state index in [1.165, 1.54) is 11.8 Å². The minimum atomic E-state index is -0.116. The molecule has 8 heteroatoms. The first kappa shape index (κ1) is 22.1. The predicted molar refractivity (Wildman–Crippen MR) is 126 cm³/mol. The van der Waals surface area contributed by atoms with Gasteiger partial charge >= 0.3 is 0 Å². The van der Waals surface area contributed by atoms with E-state index in [1.807, 2.05) is 78.9 Å². The van der Waals surface area contributed by atoms with Crippen LogP contribution in [0.25, 0.3) is 0 Å². The maximum absolute atomic E-state index is 13.2. The van der Waals surface area contributed by atoms with Gasteiger partial charge in [0.05, 0.1) is 11.8 Å². The van der Waals surface area contributed by atoms with E-state index in [1.54, 1.807) is 0 Å². The van der Waals surface area contributed by atoms with Crippen LogP contribution in [0.1, 0.15) is 46.2 Å². The molecule has 0 bridgehead atoms. The topological polar surface area (TPSA) is 80.1 Å². The van der Waals surface area contributed by atoms with Crippen molar-refractivity contribution in [3.63, 3.8) is 0 Å². The van der Waals surface area contributed by atoms with Crippen LogP contribution in [0.15, 0.2) is 53.7 Å². The van der Waals surface area contributed by atoms with Gasteiger partial charge in [0.1, 0.15) is 0 Å². The number of carbonyl (C=O) groups is 2. The Morgan fingerprint density at radius 2 is 1.78 bits per heavy atom. The number of hydrogen-bond donors (Lipinski definition) is 1. The summed E-state index contributed by atoms with van der Waals surface area (Å²) in [5, 5.41) is 12.3. The highest BCUT2D eigenvalue weighted by atomic mass is 32.2. The Hall–Kier alpha value is -3.13. The van der Waals surface area contributed by atoms with E-state index in [0.717, 1.165) is 41.0 Å². The van der Waals surface area contributed by atoms with Crippen molar-refractivity contribution in [1.29, 1.82) is 0 Å². The summed E-state index contributed by atoms with van der Waals surface area (Å²) in [4.78, 5) is 27.5. The zero-order valence-electron chi connectivity index (χ0n) is 18.5. The van der Waals surface area contributed by atoms with Gasteiger partial charge in [-0.05, 0) is 49.9 Å². The molecule has 1 atom stereocenters. The molecule has 1 unspecified atom stereocenters. The molecule has 2 amide bonds. The zero-order valence-corrected chi connectivity index (χ0v) is 19.4. The molecule has 0 aliphatic carbocycles. The Morgan fingerprint density at radius 3 is 2.53 bits per heavy atom. The Bertz CT molecular complexity index is 1140. The van der Waals surface area contributed by atoms with Crippen LogP contribution in [-0.2, 0) is 11.8 Å². The Morgan fingerprint density at radius 1 is 1.06 bits per heavy atom. The van der Waals surface area contributed by atoms with E-state index >= 15 is 0 Å². The molecule has 1 saturated heterocycles. The standard InChI is InChI=1S/C24H27N5O2S/c1-16-9-4-6-11-18(16)23(31)29-14-8-13-20(29)22-26-27-24(28(22)3)32-15-21(30)25-19-12-7-5-10-17(19)2/h4-7,9-12,20H,8,13-15H2,1-3H3,(H,25,30). The summed E-state index contributed by atoms with van der Waals surface area (Å²) >= 11 is 1.34. The van der Waals surface area contributed by atoms with Crippen molar-refractivity contribution >= 4 is 29.3 Å². The van der Waals surface area contributed by atoms with E-state index in [-0.39, 0.29) is 23.6 Å². The van der Waals surface area contributed by atoms with Crippen LogP contribution in [-0.4, -0.2) is 43.8 Å². The fraction of sp³-hybridized carbons (Fsp3) is 0.333. The van der Waals surface area contributed by atoms with Crippen molar-refractivity contribution in [3.8, 4) is 0 Å². The number of nitrogens with zero attached hydrogens (tertiary/aromatic N) is 4. The Balaban J connectivity index is 1.44. The maximum Gasteiger partial charge on any atom is 0.254 e. The van der Waals surface area contributed by atoms with Crippen LogP contribution in [0.4, 0.5) is 5.69 Å². The number of benzene rings is 2. The third-order valence-electron chi connectivity index (χ3n) is 5.81. The number of aromatic nitrogens is 3. The van der Waals surface area contributed by atoms with Crippen molar-refractivity contribution in [2.75, 3.05) is 17.6 Å². The largest absolute Gasteiger partial charge is 0.328 e. The van der Waals surface area contributed by atoms with Gasteiger partial charge in [-0.1, -0.05) is 48.2 Å². The first-order chi connectivity index (χ1) is 15.5. The molecule has 0 saturated carbocycles. The molecular formula is C24H27N5O2S. The second kappa shape index (κ2) is 9.56. The van der Waals surface area contributed by atoms with Gasteiger partial charge in [0.25, 0.3) is 5.91 Å². The van der Waals surface area contributed by atoms with Crippen LogP contribution in [0.2, 0.25) is 0 Å². The molecular weight excluding hydrogens is 422 g/mol. The van der Waals surface area contributed by atoms with Crippen molar-refractivity contribution in [2.24, 2.45) is 7.05 Å². The number of likely N-dealkylation sites (tertiary alicyclic amines) is 1. The fourth-order valence-corrected chi connectivity index (χ4v) is 4.74. The lowest BCUT2D eigenvalue weighted by Gasteiger charge is -2.24. The van der Waals surface area contributed by atoms with Crippen molar-refractivity contribution in [2.45, 2.75) is 37.9 Å². The number of nitrogens with one attached hydrogen (secondary N) is 1. The summed E-state index contributed by atoms with van der Waals surface area (Å²) in [5.41, 5.74) is 3.53. The molecule has 1 aromatic heterocycles. The first-order valence-electron chi connectivity index (χ1n) is 10.7. The van der Waals surface area contributed by atoms with Gasteiger partial charge < -0.3 is 14.8 Å². The lowest BCUT2D eigenvalue weighted by atomic mass is 10.1. The smallest absolute Gasteiger partial charge is 0.254 e. The summed E-state index contributed by atoms with van der Waals surface area (Å²) in [7, 11) is 1.89. The van der Waals surface area contributed by atoms with E-state index in [9.17, 15) is 9.59 Å². The number of para-hydroxylation sites is 1. The highest BCUT2D eigenvalue weighted by Crippen LogP contribution is 2.33. The molecule has 4 rings (SSSR count). The van der Waals surface area contributed by atoms with E-state index in [0.29, 0.717) is 11.7 Å². The van der Waals surface area contributed by atoms with E-state index in [4.69, 9.17) is 0 Å². The summed E-state index contributed by atoms with van der Waals surface area (Å²) < 4.78 is 1.90. The van der Waals surface area contributed by atoms with Gasteiger partial charge in [0.15, 0.2) is 11.0 Å². The molecule has 0 radical (unpaired) electrons. The average molecular weight is 450 g/mol. The molecule has 1 aliphatic heterocycles. The van der Waals surface area contributed by atoms with Gasteiger partial charge in [-0.2, -0.15) is 0 Å². The van der Waals surface area contributed by atoms with Gasteiger partial charge in [0, 0.05) is 24.8 Å². The fourth-order valence-electron chi connectivity index (χ4n) is 4.02. The number of carbonyl (C=O) groups excluding carboxylic acids is 2. The molecule has 2 heterocycles. The SMILES string of the molecule is Cc1ccccc1NC(=O)CSc1nnc(C2CCCN2C(=O)c2ccccc2C)n1C. The summed E-state index contributed by atoms with van der Waals surface area (Å²) in [6, 6.07) is 15.2. The number of rotatable bonds is 6. The third kappa shape index (κ3) is 4.55. The highest BCUT2D eigenvalue weighted by Gasteiger charge is 2.34. The third-order valence-corrected chi connectivity index (χ3v) is 6.83. The van der Waals surface area contributed by atoms with Crippen LogP contribution >= 0.6 is 11.8 Å². The summed E-state index contributed by atoms with van der Waals surface area (Å²) in [5.74, 6) is 0.925. The second-order valence-electron chi connectivity index (χ2n) is 8.02.